The van der Waals surface area contributed by atoms with Crippen molar-refractivity contribution < 1.29 is 26.7 Å². The lowest BCUT2D eigenvalue weighted by molar-refractivity contribution is -0.289. The van der Waals surface area contributed by atoms with Crippen LogP contribution in [0.3, 0.4) is 0 Å². The first-order chi connectivity index (χ1) is 7.64. The zero-order valence-corrected chi connectivity index (χ0v) is 9.33. The summed E-state index contributed by atoms with van der Waals surface area (Å²) in [4.78, 5) is 0. The van der Waals surface area contributed by atoms with Crippen LogP contribution in [0.4, 0.5) is 22.0 Å². The van der Waals surface area contributed by atoms with Gasteiger partial charge in [0.15, 0.2) is 5.05 Å². The van der Waals surface area contributed by atoms with Gasteiger partial charge in [0, 0.05) is 12.5 Å². The van der Waals surface area contributed by atoms with Crippen molar-refractivity contribution >= 4 is 17.3 Å². The highest BCUT2D eigenvalue weighted by atomic mass is 32.1. The molecule has 0 amide bonds. The predicted octanol–water partition coefficient (Wildman–Crippen LogP) is 4.07. The molecule has 17 heavy (non-hydrogen) atoms. The quantitative estimate of drug-likeness (QED) is 0.592. The second kappa shape index (κ2) is 4.56. The Morgan fingerprint density at radius 1 is 1.06 bits per heavy atom. The van der Waals surface area contributed by atoms with Gasteiger partial charge in [0.2, 0.25) is 0 Å². The second-order valence-corrected chi connectivity index (χ2v) is 3.77. The average Bonchev–Trinajstić information content (AvgIpc) is 2.15. The molecule has 0 fully saturated rings. The average molecular weight is 270 g/mol. The first-order valence-corrected chi connectivity index (χ1v) is 4.79. The third-order valence-corrected chi connectivity index (χ3v) is 1.92. The molecule has 0 heterocycles. The molecule has 0 saturated carbocycles. The predicted molar refractivity (Wildman–Crippen MR) is 55.3 cm³/mol. The van der Waals surface area contributed by atoms with E-state index in [2.05, 4.69) is 12.2 Å². The molecule has 1 rings (SSSR count). The number of halogens is 5. The van der Waals surface area contributed by atoms with E-state index in [-0.39, 0.29) is 10.8 Å². The summed E-state index contributed by atoms with van der Waals surface area (Å²) in [6, 6.07) is 3.32. The Bertz CT molecular complexity index is 410. The molecule has 0 N–H and O–H groups in total. The lowest BCUT2D eigenvalue weighted by atomic mass is 10.1. The Morgan fingerprint density at radius 2 is 1.53 bits per heavy atom. The van der Waals surface area contributed by atoms with Crippen LogP contribution in [0.5, 0.6) is 5.75 Å². The molecule has 0 aromatic heterocycles. The zero-order chi connectivity index (χ0) is 13.3. The van der Waals surface area contributed by atoms with Gasteiger partial charge < -0.3 is 4.74 Å². The number of benzene rings is 1. The van der Waals surface area contributed by atoms with Gasteiger partial charge in [0.05, 0.1) is 0 Å². The highest BCUT2D eigenvalue weighted by Gasteiger charge is 2.58. The van der Waals surface area contributed by atoms with E-state index in [0.29, 0.717) is 12.1 Å². The van der Waals surface area contributed by atoms with Crippen molar-refractivity contribution in [3.8, 4) is 5.75 Å². The zero-order valence-electron chi connectivity index (χ0n) is 8.52. The van der Waals surface area contributed by atoms with Gasteiger partial charge >= 0.3 is 12.1 Å². The molecule has 1 aromatic rings. The molecule has 0 bridgehead atoms. The van der Waals surface area contributed by atoms with Crippen LogP contribution in [-0.2, 0) is 5.92 Å². The number of ether oxygens (including phenoxy) is 1. The minimum absolute atomic E-state index is 0.110. The van der Waals surface area contributed by atoms with E-state index < -0.39 is 17.7 Å². The van der Waals surface area contributed by atoms with Crippen LogP contribution in [0.15, 0.2) is 24.3 Å². The van der Waals surface area contributed by atoms with Crippen molar-refractivity contribution in [2.45, 2.75) is 19.0 Å². The first kappa shape index (κ1) is 13.8. The molecule has 94 valence electrons. The molecule has 0 aliphatic carbocycles. The highest BCUT2D eigenvalue weighted by molar-refractivity contribution is 7.80. The van der Waals surface area contributed by atoms with Crippen LogP contribution >= 0.6 is 12.2 Å². The Morgan fingerprint density at radius 3 is 1.88 bits per heavy atom. The van der Waals surface area contributed by atoms with E-state index in [0.717, 1.165) is 12.1 Å². The SMILES string of the molecule is CC(=S)Oc1ccc(C(F)(F)C(F)(F)F)cc1. The maximum atomic E-state index is 12.9. The molecule has 0 aliphatic rings. The fourth-order valence-corrected chi connectivity index (χ4v) is 1.16. The van der Waals surface area contributed by atoms with E-state index >= 15 is 0 Å². The van der Waals surface area contributed by atoms with Gasteiger partial charge in [-0.15, -0.1) is 0 Å². The third-order valence-electron chi connectivity index (χ3n) is 1.83. The molecule has 0 radical (unpaired) electrons. The van der Waals surface area contributed by atoms with E-state index in [1.807, 2.05) is 0 Å². The Balaban J connectivity index is 2.99. The minimum atomic E-state index is -5.62. The number of thiocarbonyl (C=S) groups is 1. The summed E-state index contributed by atoms with van der Waals surface area (Å²) in [7, 11) is 0. The van der Waals surface area contributed by atoms with Crippen molar-refractivity contribution in [3.05, 3.63) is 29.8 Å². The summed E-state index contributed by atoms with van der Waals surface area (Å²) in [6.07, 6.45) is -5.62. The molecular weight excluding hydrogens is 263 g/mol. The third kappa shape index (κ3) is 3.12. The second-order valence-electron chi connectivity index (χ2n) is 3.19. The summed E-state index contributed by atoms with van der Waals surface area (Å²) >= 11 is 4.59. The van der Waals surface area contributed by atoms with Gasteiger partial charge in [-0.05, 0) is 36.5 Å². The first-order valence-electron chi connectivity index (χ1n) is 4.38. The van der Waals surface area contributed by atoms with Gasteiger partial charge in [-0.25, -0.2) is 0 Å². The maximum Gasteiger partial charge on any atom is 0.458 e. The van der Waals surface area contributed by atoms with Crippen molar-refractivity contribution in [1.29, 1.82) is 0 Å². The largest absolute Gasteiger partial charge is 0.458 e. The highest BCUT2D eigenvalue weighted by Crippen LogP contribution is 2.43. The number of rotatable bonds is 2. The molecule has 1 aromatic carbocycles. The maximum absolute atomic E-state index is 12.9. The van der Waals surface area contributed by atoms with Gasteiger partial charge in [-0.2, -0.15) is 22.0 Å². The molecule has 0 saturated heterocycles. The van der Waals surface area contributed by atoms with Crippen LogP contribution in [0.1, 0.15) is 12.5 Å². The van der Waals surface area contributed by atoms with Crippen molar-refractivity contribution in [2.24, 2.45) is 0 Å². The van der Waals surface area contributed by atoms with Crippen LogP contribution in [0.25, 0.3) is 0 Å². The number of alkyl halides is 5. The molecule has 0 aliphatic heterocycles. The summed E-state index contributed by atoms with van der Waals surface area (Å²) < 4.78 is 66.7. The fraction of sp³-hybridized carbons (Fsp3) is 0.300. The van der Waals surface area contributed by atoms with Crippen molar-refractivity contribution in [2.75, 3.05) is 0 Å². The molecule has 0 atom stereocenters. The number of hydrogen-bond acceptors (Lipinski definition) is 2. The van der Waals surface area contributed by atoms with Gasteiger partial charge in [0.25, 0.3) is 0 Å². The Kier molecular flexibility index (Phi) is 3.71. The van der Waals surface area contributed by atoms with Crippen molar-refractivity contribution in [1.82, 2.24) is 0 Å². The van der Waals surface area contributed by atoms with Gasteiger partial charge in [-0.1, -0.05) is 0 Å². The molecule has 7 heteroatoms. The normalized spacial score (nSPS) is 12.4. The summed E-state index contributed by atoms with van der Waals surface area (Å²) in [5.74, 6) is -4.77. The monoisotopic (exact) mass is 270 g/mol. The van der Waals surface area contributed by atoms with E-state index in [9.17, 15) is 22.0 Å². The van der Waals surface area contributed by atoms with Crippen molar-refractivity contribution in [3.63, 3.8) is 0 Å². The summed E-state index contributed by atoms with van der Waals surface area (Å²) in [5, 5.41) is 0.139. The van der Waals surface area contributed by atoms with Crippen LogP contribution < -0.4 is 4.74 Å². The minimum Gasteiger partial charge on any atom is -0.451 e. The molecule has 1 nitrogen and oxygen atoms in total. The number of hydrogen-bond donors (Lipinski definition) is 0. The summed E-state index contributed by atoms with van der Waals surface area (Å²) in [5.41, 5.74) is -1.14. The molecular formula is C10H7F5OS. The van der Waals surface area contributed by atoms with Crippen LogP contribution in [0.2, 0.25) is 0 Å². The van der Waals surface area contributed by atoms with Gasteiger partial charge in [-0.3, -0.25) is 0 Å². The van der Waals surface area contributed by atoms with E-state index in [4.69, 9.17) is 4.74 Å². The Hall–Kier alpha value is -1.24. The topological polar surface area (TPSA) is 9.23 Å². The molecule has 0 spiro atoms. The standard InChI is InChI=1S/C10H7F5OS/c1-6(17)16-8-4-2-7(3-5-8)9(11,12)10(13,14)15/h2-5H,1H3. The lowest BCUT2D eigenvalue weighted by Crippen LogP contribution is -2.33. The van der Waals surface area contributed by atoms with Crippen LogP contribution in [0, 0.1) is 0 Å². The van der Waals surface area contributed by atoms with E-state index in [1.165, 1.54) is 6.92 Å². The molecule has 0 unspecified atom stereocenters. The fourth-order valence-electron chi connectivity index (χ4n) is 1.06. The Labute approximate surface area is 99.2 Å². The summed E-state index contributed by atoms with van der Waals surface area (Å²) in [6.45, 7) is 1.45. The van der Waals surface area contributed by atoms with E-state index in [1.54, 1.807) is 0 Å². The van der Waals surface area contributed by atoms with Crippen LogP contribution in [-0.4, -0.2) is 11.2 Å². The lowest BCUT2D eigenvalue weighted by Gasteiger charge is -2.19. The smallest absolute Gasteiger partial charge is 0.451 e. The van der Waals surface area contributed by atoms with Gasteiger partial charge in [0.1, 0.15) is 5.75 Å².